The fraction of sp³-hybridized carbons (Fsp3) is 1.00. The highest BCUT2D eigenvalue weighted by Gasteiger charge is 2.51. The van der Waals surface area contributed by atoms with Crippen LogP contribution in [-0.4, -0.2) is 50.3 Å². The summed E-state index contributed by atoms with van der Waals surface area (Å²) in [6.07, 6.45) is 5.49. The van der Waals surface area contributed by atoms with Crippen molar-refractivity contribution in [2.45, 2.75) is 65.5 Å². The molecule has 20 heavy (non-hydrogen) atoms. The number of likely N-dealkylation sites (tertiary alicyclic amines) is 1. The maximum absolute atomic E-state index is 5.90. The predicted octanol–water partition coefficient (Wildman–Crippen LogP) is 2.90. The number of ether oxygens (including phenoxy) is 1. The summed E-state index contributed by atoms with van der Waals surface area (Å²) in [7, 11) is 2.24. The highest BCUT2D eigenvalue weighted by Crippen LogP contribution is 2.46. The van der Waals surface area contributed by atoms with Crippen LogP contribution in [0.2, 0.25) is 0 Å². The van der Waals surface area contributed by atoms with E-state index < -0.39 is 0 Å². The molecule has 0 aromatic carbocycles. The van der Waals surface area contributed by atoms with Crippen LogP contribution in [0.25, 0.3) is 0 Å². The molecule has 0 spiro atoms. The summed E-state index contributed by atoms with van der Waals surface area (Å²) < 4.78 is 5.90. The van der Waals surface area contributed by atoms with Crippen molar-refractivity contribution in [2.75, 3.05) is 33.3 Å². The van der Waals surface area contributed by atoms with Gasteiger partial charge in [-0.25, -0.2) is 0 Å². The molecular weight excluding hydrogens is 248 g/mol. The van der Waals surface area contributed by atoms with Gasteiger partial charge in [0.15, 0.2) is 0 Å². The molecule has 3 nitrogen and oxygen atoms in total. The zero-order valence-electron chi connectivity index (χ0n) is 14.2. The molecule has 0 aromatic rings. The zero-order valence-corrected chi connectivity index (χ0v) is 14.2. The number of hydrogen-bond donors (Lipinski definition) is 1. The molecule has 1 saturated carbocycles. The lowest BCUT2D eigenvalue weighted by atomic mass is 9.61. The number of hydrogen-bond acceptors (Lipinski definition) is 3. The lowest BCUT2D eigenvalue weighted by Gasteiger charge is -2.54. The van der Waals surface area contributed by atoms with E-state index in [1.54, 1.807) is 0 Å². The maximum atomic E-state index is 5.90. The molecule has 1 aliphatic heterocycles. The van der Waals surface area contributed by atoms with Crippen LogP contribution in [0.4, 0.5) is 0 Å². The Morgan fingerprint density at radius 3 is 2.40 bits per heavy atom. The largest absolute Gasteiger partial charge is 0.378 e. The molecule has 0 aromatic heterocycles. The van der Waals surface area contributed by atoms with Gasteiger partial charge in [0.25, 0.3) is 0 Å². The van der Waals surface area contributed by atoms with Gasteiger partial charge in [0.1, 0.15) is 0 Å². The highest BCUT2D eigenvalue weighted by atomic mass is 16.5. The summed E-state index contributed by atoms with van der Waals surface area (Å²) in [4.78, 5) is 2.45. The van der Waals surface area contributed by atoms with Gasteiger partial charge in [0, 0.05) is 24.6 Å². The molecule has 3 unspecified atom stereocenters. The third kappa shape index (κ3) is 3.20. The van der Waals surface area contributed by atoms with E-state index in [9.17, 15) is 0 Å². The fourth-order valence-corrected chi connectivity index (χ4v) is 3.77. The van der Waals surface area contributed by atoms with Gasteiger partial charge >= 0.3 is 0 Å². The zero-order chi connectivity index (χ0) is 14.8. The summed E-state index contributed by atoms with van der Waals surface area (Å²) in [6, 6.07) is 0.639. The van der Waals surface area contributed by atoms with Crippen molar-refractivity contribution in [1.82, 2.24) is 10.2 Å². The van der Waals surface area contributed by atoms with Gasteiger partial charge in [-0.05, 0) is 58.2 Å². The lowest BCUT2D eigenvalue weighted by Crippen LogP contribution is -2.63. The molecule has 1 aliphatic carbocycles. The van der Waals surface area contributed by atoms with Crippen LogP contribution in [-0.2, 0) is 4.74 Å². The van der Waals surface area contributed by atoms with Gasteiger partial charge < -0.3 is 15.0 Å². The Labute approximate surface area is 125 Å². The predicted molar refractivity (Wildman–Crippen MR) is 85.1 cm³/mol. The molecule has 1 N–H and O–H groups in total. The SMILES string of the molecule is CCOC1CC(NCC2(C)CCN(C)CC2)C1(C)CC. The second kappa shape index (κ2) is 6.33. The van der Waals surface area contributed by atoms with Crippen LogP contribution in [0.15, 0.2) is 0 Å². The minimum absolute atomic E-state index is 0.331. The normalized spacial score (nSPS) is 37.6. The highest BCUT2D eigenvalue weighted by molar-refractivity contribution is 5.05. The van der Waals surface area contributed by atoms with Gasteiger partial charge in [0.05, 0.1) is 6.10 Å². The summed E-state index contributed by atoms with van der Waals surface area (Å²) in [5, 5.41) is 3.88. The Balaban J connectivity index is 1.82. The van der Waals surface area contributed by atoms with Crippen molar-refractivity contribution < 1.29 is 4.74 Å². The van der Waals surface area contributed by atoms with Crippen LogP contribution < -0.4 is 5.32 Å². The first-order valence-corrected chi connectivity index (χ1v) is 8.47. The molecule has 1 saturated heterocycles. The van der Waals surface area contributed by atoms with Crippen molar-refractivity contribution in [3.8, 4) is 0 Å². The Morgan fingerprint density at radius 1 is 1.20 bits per heavy atom. The Morgan fingerprint density at radius 2 is 1.85 bits per heavy atom. The molecule has 0 bridgehead atoms. The van der Waals surface area contributed by atoms with Crippen LogP contribution in [0.5, 0.6) is 0 Å². The van der Waals surface area contributed by atoms with Crippen molar-refractivity contribution in [2.24, 2.45) is 10.8 Å². The van der Waals surface area contributed by atoms with E-state index in [1.165, 1.54) is 45.3 Å². The summed E-state index contributed by atoms with van der Waals surface area (Å²) in [5.41, 5.74) is 0.815. The van der Waals surface area contributed by atoms with E-state index in [1.807, 2.05) is 0 Å². The van der Waals surface area contributed by atoms with Crippen molar-refractivity contribution >= 4 is 0 Å². The third-order valence-corrected chi connectivity index (χ3v) is 6.08. The van der Waals surface area contributed by atoms with Gasteiger partial charge in [-0.3, -0.25) is 0 Å². The second-order valence-electron chi connectivity index (χ2n) is 7.59. The molecule has 3 heteroatoms. The van der Waals surface area contributed by atoms with E-state index in [0.717, 1.165) is 6.61 Å². The number of nitrogens with zero attached hydrogens (tertiary/aromatic N) is 1. The summed E-state index contributed by atoms with van der Waals surface area (Å²) in [5.74, 6) is 0. The van der Waals surface area contributed by atoms with E-state index in [-0.39, 0.29) is 0 Å². The molecule has 2 fully saturated rings. The number of nitrogens with one attached hydrogen (secondary N) is 1. The van der Waals surface area contributed by atoms with E-state index in [4.69, 9.17) is 4.74 Å². The Bertz CT molecular complexity index is 312. The van der Waals surface area contributed by atoms with Crippen LogP contribution in [0, 0.1) is 10.8 Å². The number of piperidine rings is 1. The van der Waals surface area contributed by atoms with E-state index in [2.05, 4.69) is 45.0 Å². The van der Waals surface area contributed by atoms with Gasteiger partial charge in [0.2, 0.25) is 0 Å². The molecule has 2 rings (SSSR count). The molecule has 0 amide bonds. The monoisotopic (exact) mass is 282 g/mol. The quantitative estimate of drug-likeness (QED) is 0.811. The number of rotatable bonds is 6. The first kappa shape index (κ1) is 16.3. The molecule has 3 atom stereocenters. The average Bonchev–Trinajstić information content (AvgIpc) is 2.44. The van der Waals surface area contributed by atoms with Gasteiger partial charge in [-0.15, -0.1) is 0 Å². The maximum Gasteiger partial charge on any atom is 0.0658 e. The third-order valence-electron chi connectivity index (χ3n) is 6.08. The van der Waals surface area contributed by atoms with Crippen molar-refractivity contribution in [3.63, 3.8) is 0 Å². The topological polar surface area (TPSA) is 24.5 Å². The van der Waals surface area contributed by atoms with Crippen LogP contribution in [0.1, 0.15) is 53.4 Å². The molecule has 0 radical (unpaired) electrons. The molecule has 2 aliphatic rings. The minimum Gasteiger partial charge on any atom is -0.378 e. The second-order valence-corrected chi connectivity index (χ2v) is 7.59. The Kier molecular flexibility index (Phi) is 5.14. The average molecular weight is 282 g/mol. The summed E-state index contributed by atoms with van der Waals surface area (Å²) in [6.45, 7) is 13.8. The standard InChI is InChI=1S/C17H34N2O/c1-6-17(4)14(12-15(17)20-7-2)18-13-16(3)8-10-19(5)11-9-16/h14-15,18H,6-13H2,1-5H3. The van der Waals surface area contributed by atoms with E-state index in [0.29, 0.717) is 23.0 Å². The first-order valence-electron chi connectivity index (χ1n) is 8.47. The van der Waals surface area contributed by atoms with Crippen molar-refractivity contribution in [1.29, 1.82) is 0 Å². The fourth-order valence-electron chi connectivity index (χ4n) is 3.77. The van der Waals surface area contributed by atoms with Crippen LogP contribution >= 0.6 is 0 Å². The molecular formula is C17H34N2O. The van der Waals surface area contributed by atoms with Gasteiger partial charge in [-0.1, -0.05) is 20.8 Å². The first-order chi connectivity index (χ1) is 9.43. The molecule has 118 valence electrons. The van der Waals surface area contributed by atoms with Crippen molar-refractivity contribution in [3.05, 3.63) is 0 Å². The Hall–Kier alpha value is -0.120. The smallest absolute Gasteiger partial charge is 0.0658 e. The minimum atomic E-state index is 0.331. The molecule has 1 heterocycles. The van der Waals surface area contributed by atoms with E-state index >= 15 is 0 Å². The van der Waals surface area contributed by atoms with Crippen LogP contribution in [0.3, 0.4) is 0 Å². The lowest BCUT2D eigenvalue weighted by molar-refractivity contribution is -0.127. The van der Waals surface area contributed by atoms with Gasteiger partial charge in [-0.2, -0.15) is 0 Å². The summed E-state index contributed by atoms with van der Waals surface area (Å²) >= 11 is 0.